The number of anilines is 1. The van der Waals surface area contributed by atoms with Crippen LogP contribution in [0.15, 0.2) is 67.0 Å². The maximum absolute atomic E-state index is 12.3. The maximum atomic E-state index is 12.3. The first-order valence-electron chi connectivity index (χ1n) is 13.8. The van der Waals surface area contributed by atoms with E-state index < -0.39 is 28.1 Å². The smallest absolute Gasteiger partial charge is 0.475 e. The first-order chi connectivity index (χ1) is 22.3. The van der Waals surface area contributed by atoms with Gasteiger partial charge in [-0.05, 0) is 42.5 Å². The second-order valence-corrected chi connectivity index (χ2v) is 11.8. The number of alkyl halides is 3. The SMILES string of the molecule is CS(=O)(=O)NC(=O)c1ccc(-c2c(/C=C/c3ccc4ccccc4n3)nc3c(N4CCOCC4)ccnn23)cn1.O=C(O)C(F)(F)F. The van der Waals surface area contributed by atoms with Gasteiger partial charge in [0.2, 0.25) is 10.0 Å². The topological polar surface area (TPSA) is 169 Å². The van der Waals surface area contributed by atoms with E-state index in [1.165, 1.54) is 12.3 Å². The summed E-state index contributed by atoms with van der Waals surface area (Å²) in [4.78, 5) is 37.3. The summed E-state index contributed by atoms with van der Waals surface area (Å²) in [7, 11) is -3.72. The number of carbonyl (C=O) groups excluding carboxylic acids is 1. The molecule has 0 bridgehead atoms. The minimum Gasteiger partial charge on any atom is -0.475 e. The van der Waals surface area contributed by atoms with E-state index in [2.05, 4.69) is 15.0 Å². The molecule has 1 aliphatic heterocycles. The number of ether oxygens (including phenoxy) is 1. The number of para-hydroxylation sites is 1. The molecule has 13 nitrogen and oxygen atoms in total. The number of sulfonamides is 1. The normalized spacial score (nSPS) is 13.8. The van der Waals surface area contributed by atoms with Crippen LogP contribution >= 0.6 is 0 Å². The lowest BCUT2D eigenvalue weighted by Crippen LogP contribution is -2.36. The van der Waals surface area contributed by atoms with E-state index in [1.54, 1.807) is 16.8 Å². The number of fused-ring (bicyclic) bond motifs is 2. The van der Waals surface area contributed by atoms with Crippen molar-refractivity contribution in [1.82, 2.24) is 29.3 Å². The third-order valence-electron chi connectivity index (χ3n) is 6.70. The summed E-state index contributed by atoms with van der Waals surface area (Å²) in [6.07, 6.45) is 2.85. The molecule has 6 rings (SSSR count). The number of rotatable bonds is 6. The molecule has 17 heteroatoms. The van der Waals surface area contributed by atoms with Gasteiger partial charge in [-0.1, -0.05) is 24.3 Å². The zero-order valence-electron chi connectivity index (χ0n) is 24.5. The van der Waals surface area contributed by atoms with Gasteiger partial charge in [-0.2, -0.15) is 18.3 Å². The molecule has 0 unspecified atom stereocenters. The Labute approximate surface area is 265 Å². The zero-order chi connectivity index (χ0) is 33.8. The van der Waals surface area contributed by atoms with Gasteiger partial charge in [-0.15, -0.1) is 0 Å². The van der Waals surface area contributed by atoms with Crippen LogP contribution in [-0.4, -0.2) is 88.7 Å². The third-order valence-corrected chi connectivity index (χ3v) is 7.26. The van der Waals surface area contributed by atoms with Gasteiger partial charge in [0.1, 0.15) is 11.4 Å². The Morgan fingerprint density at radius 3 is 2.38 bits per heavy atom. The fourth-order valence-corrected chi connectivity index (χ4v) is 5.06. The molecule has 1 amide bonds. The van der Waals surface area contributed by atoms with Gasteiger partial charge >= 0.3 is 12.1 Å². The fourth-order valence-electron chi connectivity index (χ4n) is 4.62. The average molecular weight is 670 g/mol. The second kappa shape index (κ2) is 13.5. The predicted molar refractivity (Wildman–Crippen MR) is 166 cm³/mol. The number of benzene rings is 1. The number of halogens is 3. The molecule has 0 aliphatic carbocycles. The molecule has 0 atom stereocenters. The summed E-state index contributed by atoms with van der Waals surface area (Å²) in [5.74, 6) is -3.56. The van der Waals surface area contributed by atoms with Crippen molar-refractivity contribution in [3.63, 3.8) is 0 Å². The van der Waals surface area contributed by atoms with Crippen molar-refractivity contribution in [2.24, 2.45) is 0 Å². The number of hydrogen-bond donors (Lipinski definition) is 2. The Hall–Kier alpha value is -5.42. The number of morpholine rings is 1. The second-order valence-electron chi connectivity index (χ2n) is 10.1. The van der Waals surface area contributed by atoms with Crippen molar-refractivity contribution in [3.05, 3.63) is 84.1 Å². The monoisotopic (exact) mass is 669 g/mol. The highest BCUT2D eigenvalue weighted by Gasteiger charge is 2.38. The molecule has 47 heavy (non-hydrogen) atoms. The molecule has 0 radical (unpaired) electrons. The molecule has 0 spiro atoms. The molecule has 5 heterocycles. The van der Waals surface area contributed by atoms with E-state index in [-0.39, 0.29) is 5.69 Å². The number of imidazole rings is 1. The maximum Gasteiger partial charge on any atom is 0.490 e. The van der Waals surface area contributed by atoms with Gasteiger partial charge in [0.15, 0.2) is 5.65 Å². The number of carboxylic acid groups (broad SMARTS) is 1. The quantitative estimate of drug-likeness (QED) is 0.271. The van der Waals surface area contributed by atoms with Gasteiger partial charge in [0, 0.05) is 30.2 Å². The largest absolute Gasteiger partial charge is 0.490 e. The number of carboxylic acids is 1. The van der Waals surface area contributed by atoms with Gasteiger partial charge in [-0.3, -0.25) is 9.78 Å². The van der Waals surface area contributed by atoms with E-state index >= 15 is 0 Å². The van der Waals surface area contributed by atoms with Gasteiger partial charge in [0.05, 0.1) is 48.3 Å². The highest BCUT2D eigenvalue weighted by atomic mass is 32.2. The summed E-state index contributed by atoms with van der Waals surface area (Å²) in [6, 6.07) is 17.0. The Balaban J connectivity index is 0.000000559. The standard InChI is InChI=1S/C28H25N7O4S.C2HF3O2/c1-40(37,38)33-28(36)24-10-7-20(18-29-24)26-23(11-9-21-8-6-19-4-2-3-5-22(19)31-21)32-27-25(12-13-30-35(26)27)34-14-16-39-17-15-34;3-2(4,5)1(6)7/h2-13,18H,14-17H2,1H3,(H,33,36);(H,6,7)/b11-9+;. The molecule has 244 valence electrons. The lowest BCUT2D eigenvalue weighted by Gasteiger charge is -2.28. The lowest BCUT2D eigenvalue weighted by atomic mass is 10.1. The lowest BCUT2D eigenvalue weighted by molar-refractivity contribution is -0.192. The predicted octanol–water partition coefficient (Wildman–Crippen LogP) is 3.67. The summed E-state index contributed by atoms with van der Waals surface area (Å²) in [5, 5.41) is 12.8. The molecule has 0 saturated carbocycles. The Morgan fingerprint density at radius 1 is 1.00 bits per heavy atom. The van der Waals surface area contributed by atoms with Crippen molar-refractivity contribution in [1.29, 1.82) is 0 Å². The van der Waals surface area contributed by atoms with Gasteiger partial charge in [0.25, 0.3) is 5.91 Å². The van der Waals surface area contributed by atoms with Gasteiger partial charge < -0.3 is 14.7 Å². The number of amides is 1. The van der Waals surface area contributed by atoms with Crippen molar-refractivity contribution in [3.8, 4) is 11.3 Å². The van der Waals surface area contributed by atoms with E-state index in [1.807, 2.05) is 59.3 Å². The number of aliphatic carboxylic acids is 1. The Kier molecular flexibility index (Phi) is 9.48. The van der Waals surface area contributed by atoms with Crippen LogP contribution < -0.4 is 9.62 Å². The number of hydrogen-bond acceptors (Lipinski definition) is 10. The number of pyridine rings is 2. The van der Waals surface area contributed by atoms with Crippen molar-refractivity contribution < 1.29 is 41.0 Å². The third kappa shape index (κ3) is 8.06. The van der Waals surface area contributed by atoms with Crippen LogP contribution in [0.4, 0.5) is 18.9 Å². The summed E-state index contributed by atoms with van der Waals surface area (Å²) >= 11 is 0. The van der Waals surface area contributed by atoms with E-state index in [0.29, 0.717) is 35.8 Å². The van der Waals surface area contributed by atoms with E-state index in [0.717, 1.165) is 41.6 Å². The fraction of sp³-hybridized carbons (Fsp3) is 0.200. The minimum absolute atomic E-state index is 0.0255. The molecular formula is C30H26F3N7O6S. The molecule has 1 aromatic carbocycles. The summed E-state index contributed by atoms with van der Waals surface area (Å²) in [6.45, 7) is 2.73. The van der Waals surface area contributed by atoms with Crippen molar-refractivity contribution >= 4 is 56.3 Å². The molecule has 2 N–H and O–H groups in total. The number of carbonyl (C=O) groups is 2. The first kappa shape index (κ1) is 33.0. The van der Waals surface area contributed by atoms with Crippen molar-refractivity contribution in [2.75, 3.05) is 37.5 Å². The number of nitrogens with zero attached hydrogens (tertiary/aromatic N) is 6. The van der Waals surface area contributed by atoms with Crippen LogP contribution in [0.1, 0.15) is 21.9 Å². The van der Waals surface area contributed by atoms with Crippen molar-refractivity contribution in [2.45, 2.75) is 6.18 Å². The Morgan fingerprint density at radius 2 is 1.72 bits per heavy atom. The zero-order valence-corrected chi connectivity index (χ0v) is 25.4. The highest BCUT2D eigenvalue weighted by Crippen LogP contribution is 2.30. The van der Waals surface area contributed by atoms with Crippen LogP contribution in [0.2, 0.25) is 0 Å². The first-order valence-corrected chi connectivity index (χ1v) is 15.7. The van der Waals surface area contributed by atoms with Crippen LogP contribution in [0.25, 0.3) is 40.0 Å². The van der Waals surface area contributed by atoms with Crippen LogP contribution in [-0.2, 0) is 19.6 Å². The average Bonchev–Trinajstić information content (AvgIpc) is 3.42. The molecule has 1 fully saturated rings. The number of aromatic nitrogens is 5. The molecule has 5 aromatic rings. The van der Waals surface area contributed by atoms with E-state index in [9.17, 15) is 26.4 Å². The van der Waals surface area contributed by atoms with Crippen LogP contribution in [0.5, 0.6) is 0 Å². The van der Waals surface area contributed by atoms with Crippen LogP contribution in [0.3, 0.4) is 0 Å². The molecule has 1 saturated heterocycles. The highest BCUT2D eigenvalue weighted by molar-refractivity contribution is 7.89. The molecule has 4 aromatic heterocycles. The summed E-state index contributed by atoms with van der Waals surface area (Å²) in [5.41, 5.74) is 5.20. The van der Waals surface area contributed by atoms with Crippen LogP contribution in [0, 0.1) is 0 Å². The van der Waals surface area contributed by atoms with Gasteiger partial charge in [-0.25, -0.2) is 32.4 Å². The number of nitrogens with one attached hydrogen (secondary N) is 1. The minimum atomic E-state index is -5.08. The Bertz CT molecular complexity index is 2080. The van der Waals surface area contributed by atoms with E-state index in [4.69, 9.17) is 24.6 Å². The molecular weight excluding hydrogens is 643 g/mol. The summed E-state index contributed by atoms with van der Waals surface area (Å²) < 4.78 is 63.9. The molecule has 1 aliphatic rings.